The second kappa shape index (κ2) is 3.31. The number of hydrogen-bond acceptors (Lipinski definition) is 3. The maximum Gasteiger partial charge on any atom is 0.146 e. The van der Waals surface area contributed by atoms with Crippen LogP contribution in [0, 0.1) is 0 Å². The molecule has 4 nitrogen and oxygen atoms in total. The molecule has 0 saturated carbocycles. The van der Waals surface area contributed by atoms with Gasteiger partial charge in [0.15, 0.2) is 0 Å². The van der Waals surface area contributed by atoms with Crippen molar-refractivity contribution in [2.24, 2.45) is 7.05 Å². The summed E-state index contributed by atoms with van der Waals surface area (Å²) in [7, 11) is 3.42. The molecule has 0 atom stereocenters. The molecule has 0 amide bonds. The van der Waals surface area contributed by atoms with Crippen LogP contribution in [0.15, 0.2) is 18.2 Å². The van der Waals surface area contributed by atoms with E-state index < -0.39 is 0 Å². The van der Waals surface area contributed by atoms with E-state index in [9.17, 15) is 0 Å². The van der Waals surface area contributed by atoms with Gasteiger partial charge in [0.25, 0.3) is 0 Å². The second-order valence-corrected chi connectivity index (χ2v) is 3.08. The lowest BCUT2D eigenvalue weighted by molar-refractivity contribution is 0.272. The quantitative estimate of drug-likeness (QED) is 0.774. The number of aromatic nitrogens is 2. The van der Waals surface area contributed by atoms with Crippen LogP contribution in [-0.4, -0.2) is 22.0 Å². The van der Waals surface area contributed by atoms with Crippen LogP contribution < -0.4 is 4.74 Å². The minimum atomic E-state index is -0.0137. The second-order valence-electron chi connectivity index (χ2n) is 3.08. The lowest BCUT2D eigenvalue weighted by Crippen LogP contribution is -1.96. The highest BCUT2D eigenvalue weighted by molar-refractivity contribution is 5.86. The number of hydrogen-bond donors (Lipinski definition) is 1. The third kappa shape index (κ3) is 1.15. The molecular formula is C10H12N2O2. The van der Waals surface area contributed by atoms with E-state index >= 15 is 0 Å². The predicted molar refractivity (Wildman–Crippen MR) is 53.2 cm³/mol. The molecule has 0 fully saturated rings. The Bertz CT molecular complexity index is 462. The maximum atomic E-state index is 9.17. The molecule has 2 aromatic rings. The Morgan fingerprint density at radius 2 is 2.29 bits per heavy atom. The van der Waals surface area contributed by atoms with Crippen LogP contribution in [0.3, 0.4) is 0 Å². The van der Waals surface area contributed by atoms with E-state index in [1.54, 1.807) is 11.8 Å². The van der Waals surface area contributed by atoms with Gasteiger partial charge in [-0.05, 0) is 6.07 Å². The minimum Gasteiger partial charge on any atom is -0.494 e. The van der Waals surface area contributed by atoms with Gasteiger partial charge < -0.3 is 9.84 Å². The van der Waals surface area contributed by atoms with E-state index in [1.807, 2.05) is 25.2 Å². The molecule has 0 aliphatic heterocycles. The van der Waals surface area contributed by atoms with Gasteiger partial charge in [0.05, 0.1) is 19.4 Å². The van der Waals surface area contributed by atoms with Gasteiger partial charge in [-0.3, -0.25) is 4.68 Å². The van der Waals surface area contributed by atoms with E-state index in [-0.39, 0.29) is 6.61 Å². The van der Waals surface area contributed by atoms with Crippen molar-refractivity contribution in [2.75, 3.05) is 7.11 Å². The zero-order valence-electron chi connectivity index (χ0n) is 8.19. The summed E-state index contributed by atoms with van der Waals surface area (Å²) in [6.07, 6.45) is 0. The molecule has 0 aliphatic rings. The van der Waals surface area contributed by atoms with Gasteiger partial charge in [0, 0.05) is 12.4 Å². The molecule has 0 radical (unpaired) electrons. The number of nitrogens with zero attached hydrogens (tertiary/aromatic N) is 2. The van der Waals surface area contributed by atoms with Crippen LogP contribution in [0.4, 0.5) is 0 Å². The summed E-state index contributed by atoms with van der Waals surface area (Å²) in [5.74, 6) is 0.734. The van der Waals surface area contributed by atoms with Crippen LogP contribution in [0.25, 0.3) is 10.9 Å². The summed E-state index contributed by atoms with van der Waals surface area (Å²) in [6, 6.07) is 5.68. The van der Waals surface area contributed by atoms with Crippen LogP contribution in [0.1, 0.15) is 5.69 Å². The Labute approximate surface area is 81.7 Å². The molecule has 2 rings (SSSR count). The van der Waals surface area contributed by atoms with Crippen molar-refractivity contribution in [3.63, 3.8) is 0 Å². The molecule has 1 aromatic heterocycles. The number of ether oxygens (including phenoxy) is 1. The van der Waals surface area contributed by atoms with Crippen LogP contribution in [0.5, 0.6) is 5.75 Å². The summed E-state index contributed by atoms with van der Waals surface area (Å²) < 4.78 is 6.86. The van der Waals surface area contributed by atoms with Gasteiger partial charge in [-0.15, -0.1) is 0 Å². The summed E-state index contributed by atoms with van der Waals surface area (Å²) in [6.45, 7) is -0.0137. The SMILES string of the molecule is COc1cccc2c(CO)n(C)nc12. The first-order valence-corrected chi connectivity index (χ1v) is 4.37. The molecule has 0 spiro atoms. The zero-order chi connectivity index (χ0) is 10.1. The van der Waals surface area contributed by atoms with E-state index in [1.165, 1.54) is 0 Å². The highest BCUT2D eigenvalue weighted by Gasteiger charge is 2.10. The molecule has 1 heterocycles. The average Bonchev–Trinajstić information content (AvgIpc) is 2.52. The van der Waals surface area contributed by atoms with Gasteiger partial charge >= 0.3 is 0 Å². The fourth-order valence-electron chi connectivity index (χ4n) is 1.60. The van der Waals surface area contributed by atoms with Crippen LogP contribution in [-0.2, 0) is 13.7 Å². The Morgan fingerprint density at radius 3 is 2.93 bits per heavy atom. The molecule has 1 N–H and O–H groups in total. The smallest absolute Gasteiger partial charge is 0.146 e. The molecule has 0 aliphatic carbocycles. The van der Waals surface area contributed by atoms with Crippen molar-refractivity contribution in [1.29, 1.82) is 0 Å². The number of methoxy groups -OCH3 is 1. The number of benzene rings is 1. The van der Waals surface area contributed by atoms with Crippen LogP contribution >= 0.6 is 0 Å². The fourth-order valence-corrected chi connectivity index (χ4v) is 1.60. The first-order valence-electron chi connectivity index (χ1n) is 4.37. The van der Waals surface area contributed by atoms with E-state index in [0.29, 0.717) is 0 Å². The molecular weight excluding hydrogens is 180 g/mol. The Hall–Kier alpha value is -1.55. The lowest BCUT2D eigenvalue weighted by Gasteiger charge is -1.98. The number of fused-ring (bicyclic) bond motifs is 1. The molecule has 0 unspecified atom stereocenters. The number of aliphatic hydroxyl groups is 1. The van der Waals surface area contributed by atoms with Crippen molar-refractivity contribution in [3.05, 3.63) is 23.9 Å². The van der Waals surface area contributed by atoms with Gasteiger partial charge in [0.2, 0.25) is 0 Å². The molecule has 0 saturated heterocycles. The Kier molecular flexibility index (Phi) is 2.13. The fraction of sp³-hybridized carbons (Fsp3) is 0.300. The summed E-state index contributed by atoms with van der Waals surface area (Å²) in [4.78, 5) is 0. The third-order valence-electron chi connectivity index (χ3n) is 2.32. The largest absolute Gasteiger partial charge is 0.494 e. The highest BCUT2D eigenvalue weighted by atomic mass is 16.5. The first kappa shape index (κ1) is 9.02. The zero-order valence-corrected chi connectivity index (χ0v) is 8.19. The van der Waals surface area contributed by atoms with Gasteiger partial charge in [0.1, 0.15) is 11.3 Å². The summed E-state index contributed by atoms with van der Waals surface area (Å²) >= 11 is 0. The van der Waals surface area contributed by atoms with Crippen molar-refractivity contribution in [3.8, 4) is 5.75 Å². The van der Waals surface area contributed by atoms with Crippen LogP contribution in [0.2, 0.25) is 0 Å². The monoisotopic (exact) mass is 192 g/mol. The lowest BCUT2D eigenvalue weighted by atomic mass is 10.2. The van der Waals surface area contributed by atoms with Gasteiger partial charge in [-0.1, -0.05) is 12.1 Å². The standard InChI is InChI=1S/C10H12N2O2/c1-12-8(6-13)7-4-3-5-9(14-2)10(7)11-12/h3-5,13H,6H2,1-2H3. The number of aliphatic hydroxyl groups excluding tert-OH is 1. The molecule has 0 bridgehead atoms. The third-order valence-corrected chi connectivity index (χ3v) is 2.32. The Morgan fingerprint density at radius 1 is 1.50 bits per heavy atom. The van der Waals surface area contributed by atoms with Crippen molar-refractivity contribution < 1.29 is 9.84 Å². The van der Waals surface area contributed by atoms with E-state index in [2.05, 4.69) is 5.10 Å². The first-order chi connectivity index (χ1) is 6.77. The highest BCUT2D eigenvalue weighted by Crippen LogP contribution is 2.26. The molecule has 4 heteroatoms. The van der Waals surface area contributed by atoms with Gasteiger partial charge in [-0.2, -0.15) is 5.10 Å². The molecule has 1 aromatic carbocycles. The minimum absolute atomic E-state index is 0.0137. The van der Waals surface area contributed by atoms with Crippen molar-refractivity contribution in [2.45, 2.75) is 6.61 Å². The van der Waals surface area contributed by atoms with Crippen molar-refractivity contribution >= 4 is 10.9 Å². The summed E-state index contributed by atoms with van der Waals surface area (Å²) in [5.41, 5.74) is 1.60. The van der Waals surface area contributed by atoms with E-state index in [4.69, 9.17) is 9.84 Å². The topological polar surface area (TPSA) is 47.3 Å². The maximum absolute atomic E-state index is 9.17. The van der Waals surface area contributed by atoms with Crippen molar-refractivity contribution in [1.82, 2.24) is 9.78 Å². The Balaban J connectivity index is 2.79. The number of rotatable bonds is 2. The normalized spacial score (nSPS) is 10.8. The van der Waals surface area contributed by atoms with E-state index in [0.717, 1.165) is 22.3 Å². The predicted octanol–water partition coefficient (Wildman–Crippen LogP) is 1.07. The summed E-state index contributed by atoms with van der Waals surface area (Å²) in [5, 5.41) is 14.4. The average molecular weight is 192 g/mol. The molecule has 14 heavy (non-hydrogen) atoms. The van der Waals surface area contributed by atoms with Gasteiger partial charge in [-0.25, -0.2) is 0 Å². The number of aryl methyl sites for hydroxylation is 1. The molecule has 74 valence electrons.